The number of hydrogen-bond donors (Lipinski definition) is 2. The van der Waals surface area contributed by atoms with Gasteiger partial charge in [0, 0.05) is 17.1 Å². The number of halogens is 1. The Labute approximate surface area is 99.0 Å². The van der Waals surface area contributed by atoms with Crippen molar-refractivity contribution in [2.75, 3.05) is 18.9 Å². The van der Waals surface area contributed by atoms with Gasteiger partial charge in [-0.25, -0.2) is 4.39 Å². The number of benzene rings is 1. The summed E-state index contributed by atoms with van der Waals surface area (Å²) >= 11 is 1.56. The fourth-order valence-electron chi connectivity index (χ4n) is 1.21. The predicted octanol–water partition coefficient (Wildman–Crippen LogP) is 1.36. The molecule has 0 saturated heterocycles. The largest absolute Gasteiger partial charge is 0.396 e. The minimum absolute atomic E-state index is 0.139. The minimum atomic E-state index is -0.289. The molecule has 0 atom stereocenters. The van der Waals surface area contributed by atoms with Crippen LogP contribution < -0.4 is 5.73 Å². The molecule has 0 radical (unpaired) electrons. The molecule has 3 N–H and O–H groups in total. The lowest BCUT2D eigenvalue weighted by Crippen LogP contribution is -1.94. The van der Waals surface area contributed by atoms with E-state index in [1.54, 1.807) is 11.8 Å². The molecule has 0 saturated carbocycles. The van der Waals surface area contributed by atoms with Crippen molar-refractivity contribution >= 4 is 11.8 Å². The lowest BCUT2D eigenvalue weighted by atomic mass is 10.1. The van der Waals surface area contributed by atoms with Crippen molar-refractivity contribution in [2.45, 2.75) is 5.75 Å². The summed E-state index contributed by atoms with van der Waals surface area (Å²) in [4.78, 5) is 0. The highest BCUT2D eigenvalue weighted by Crippen LogP contribution is 2.15. The van der Waals surface area contributed by atoms with Crippen molar-refractivity contribution in [1.82, 2.24) is 0 Å². The molecule has 1 aromatic rings. The third kappa shape index (κ3) is 4.67. The van der Waals surface area contributed by atoms with Gasteiger partial charge in [0.25, 0.3) is 0 Å². The molecule has 0 aromatic heterocycles. The molecule has 1 rings (SSSR count). The lowest BCUT2D eigenvalue weighted by Gasteiger charge is -2.02. The summed E-state index contributed by atoms with van der Waals surface area (Å²) in [5.74, 6) is 6.53. The molecule has 0 amide bonds. The van der Waals surface area contributed by atoms with Gasteiger partial charge in [-0.05, 0) is 23.8 Å². The van der Waals surface area contributed by atoms with Gasteiger partial charge < -0.3 is 10.8 Å². The van der Waals surface area contributed by atoms with Crippen LogP contribution >= 0.6 is 11.8 Å². The monoisotopic (exact) mass is 239 g/mol. The second-order valence-electron chi connectivity index (χ2n) is 3.13. The number of aliphatic hydroxyl groups is 1. The molecule has 0 fully saturated rings. The maximum atomic E-state index is 13.2. The third-order valence-electron chi connectivity index (χ3n) is 1.80. The van der Waals surface area contributed by atoms with Crippen LogP contribution in [0.1, 0.15) is 11.1 Å². The van der Waals surface area contributed by atoms with Gasteiger partial charge in [0.1, 0.15) is 5.82 Å². The Hall–Kier alpha value is -1.02. The number of rotatable bonds is 4. The highest BCUT2D eigenvalue weighted by Gasteiger charge is 1.99. The van der Waals surface area contributed by atoms with Crippen LogP contribution in [-0.4, -0.2) is 24.0 Å². The molecular formula is C12H14FNOS. The summed E-state index contributed by atoms with van der Waals surface area (Å²) in [6, 6.07) is 4.72. The first-order valence-electron chi connectivity index (χ1n) is 4.93. The molecular weight excluding hydrogens is 225 g/mol. The average Bonchev–Trinajstić information content (AvgIpc) is 2.26. The third-order valence-corrected chi connectivity index (χ3v) is 2.81. The summed E-state index contributed by atoms with van der Waals surface area (Å²) in [5, 5.41) is 8.64. The van der Waals surface area contributed by atoms with Crippen LogP contribution in [0.3, 0.4) is 0 Å². The van der Waals surface area contributed by atoms with Crippen molar-refractivity contribution in [1.29, 1.82) is 0 Å². The molecule has 86 valence electrons. The predicted molar refractivity (Wildman–Crippen MR) is 65.6 cm³/mol. The Morgan fingerprint density at radius 2 is 2.19 bits per heavy atom. The molecule has 0 aliphatic heterocycles. The number of hydrogen-bond acceptors (Lipinski definition) is 3. The molecule has 0 spiro atoms. The minimum Gasteiger partial charge on any atom is -0.396 e. The molecule has 1 aromatic carbocycles. The zero-order valence-corrected chi connectivity index (χ0v) is 9.69. The van der Waals surface area contributed by atoms with Crippen LogP contribution in [-0.2, 0) is 5.75 Å². The molecule has 0 heterocycles. The molecule has 0 bridgehead atoms. The van der Waals surface area contributed by atoms with E-state index in [9.17, 15) is 4.39 Å². The van der Waals surface area contributed by atoms with Crippen LogP contribution in [0.4, 0.5) is 4.39 Å². The Bertz CT molecular complexity index is 398. The van der Waals surface area contributed by atoms with Gasteiger partial charge >= 0.3 is 0 Å². The van der Waals surface area contributed by atoms with Crippen molar-refractivity contribution in [2.24, 2.45) is 5.73 Å². The van der Waals surface area contributed by atoms with Crippen molar-refractivity contribution in [3.8, 4) is 11.8 Å². The first kappa shape index (κ1) is 13.0. The van der Waals surface area contributed by atoms with Crippen LogP contribution in [0.15, 0.2) is 18.2 Å². The highest BCUT2D eigenvalue weighted by atomic mass is 32.2. The Balaban J connectivity index is 2.73. The van der Waals surface area contributed by atoms with Gasteiger partial charge in [-0.15, -0.1) is 0 Å². The van der Waals surface area contributed by atoms with Gasteiger partial charge in [-0.1, -0.05) is 11.8 Å². The van der Waals surface area contributed by atoms with Crippen LogP contribution in [0.25, 0.3) is 0 Å². The Morgan fingerprint density at radius 1 is 1.38 bits per heavy atom. The number of thioether (sulfide) groups is 1. The molecule has 16 heavy (non-hydrogen) atoms. The van der Waals surface area contributed by atoms with E-state index in [2.05, 4.69) is 11.8 Å². The summed E-state index contributed by atoms with van der Waals surface area (Å²) in [5.41, 5.74) is 6.77. The first-order chi connectivity index (χ1) is 7.76. The Morgan fingerprint density at radius 3 is 2.88 bits per heavy atom. The number of nitrogens with two attached hydrogens (primary N) is 1. The second kappa shape index (κ2) is 7.29. The van der Waals surface area contributed by atoms with Crippen molar-refractivity contribution in [3.63, 3.8) is 0 Å². The van der Waals surface area contributed by atoms with Crippen molar-refractivity contribution in [3.05, 3.63) is 35.1 Å². The molecule has 0 aliphatic rings. The fraction of sp³-hybridized carbons (Fsp3) is 0.333. The summed E-state index contributed by atoms with van der Waals surface area (Å²) in [6.07, 6.45) is 0. The van der Waals surface area contributed by atoms with E-state index in [4.69, 9.17) is 10.8 Å². The van der Waals surface area contributed by atoms with Gasteiger partial charge in [-0.3, -0.25) is 0 Å². The standard InChI is InChI=1S/C12H14FNOS/c13-12-7-10(2-1-3-14)6-11(8-12)9-16-5-4-15/h6-8,15H,3-5,9,14H2. The van der Waals surface area contributed by atoms with E-state index in [0.29, 0.717) is 17.1 Å². The number of aliphatic hydroxyl groups excluding tert-OH is 1. The van der Waals surface area contributed by atoms with E-state index < -0.39 is 0 Å². The topological polar surface area (TPSA) is 46.2 Å². The quantitative estimate of drug-likeness (QED) is 0.616. The zero-order valence-electron chi connectivity index (χ0n) is 8.87. The lowest BCUT2D eigenvalue weighted by molar-refractivity contribution is 0.322. The van der Waals surface area contributed by atoms with Gasteiger partial charge in [0.15, 0.2) is 0 Å². The summed E-state index contributed by atoms with van der Waals surface area (Å²) < 4.78 is 13.2. The van der Waals surface area contributed by atoms with Gasteiger partial charge in [0.2, 0.25) is 0 Å². The van der Waals surface area contributed by atoms with E-state index in [-0.39, 0.29) is 19.0 Å². The molecule has 0 unspecified atom stereocenters. The highest BCUT2D eigenvalue weighted by molar-refractivity contribution is 7.98. The van der Waals surface area contributed by atoms with Crippen LogP contribution in [0.2, 0.25) is 0 Å². The molecule has 4 heteroatoms. The summed E-state index contributed by atoms with van der Waals surface area (Å²) in [6.45, 7) is 0.408. The van der Waals surface area contributed by atoms with E-state index >= 15 is 0 Å². The normalized spacial score (nSPS) is 9.69. The average molecular weight is 239 g/mol. The van der Waals surface area contributed by atoms with Gasteiger partial charge in [-0.2, -0.15) is 11.8 Å². The van der Waals surface area contributed by atoms with E-state index in [0.717, 1.165) is 5.56 Å². The SMILES string of the molecule is NCC#Cc1cc(F)cc(CSCCO)c1. The van der Waals surface area contributed by atoms with Crippen LogP contribution in [0, 0.1) is 17.7 Å². The maximum absolute atomic E-state index is 13.2. The van der Waals surface area contributed by atoms with Crippen LogP contribution in [0.5, 0.6) is 0 Å². The first-order valence-corrected chi connectivity index (χ1v) is 6.08. The fourth-order valence-corrected chi connectivity index (χ4v) is 1.89. The molecule has 2 nitrogen and oxygen atoms in total. The zero-order chi connectivity index (χ0) is 11.8. The van der Waals surface area contributed by atoms with E-state index in [1.807, 2.05) is 6.07 Å². The van der Waals surface area contributed by atoms with Gasteiger partial charge in [0.05, 0.1) is 13.2 Å². The van der Waals surface area contributed by atoms with Crippen molar-refractivity contribution < 1.29 is 9.50 Å². The second-order valence-corrected chi connectivity index (χ2v) is 4.24. The Kier molecular flexibility index (Phi) is 5.94. The smallest absolute Gasteiger partial charge is 0.124 e. The molecule has 0 aliphatic carbocycles. The summed E-state index contributed by atoms with van der Waals surface area (Å²) in [7, 11) is 0. The maximum Gasteiger partial charge on any atom is 0.124 e. The van der Waals surface area contributed by atoms with E-state index in [1.165, 1.54) is 12.1 Å².